The molecule has 1 aromatic heterocycles. The third-order valence-electron chi connectivity index (χ3n) is 5.13. The van der Waals surface area contributed by atoms with Crippen LogP contribution in [0.4, 0.5) is 8.78 Å². The topological polar surface area (TPSA) is 79.5 Å². The third-order valence-corrected chi connectivity index (χ3v) is 5.13. The van der Waals surface area contributed by atoms with Gasteiger partial charge in [0.05, 0.1) is 11.5 Å². The van der Waals surface area contributed by atoms with Gasteiger partial charge in [-0.25, -0.2) is 8.78 Å². The molecule has 1 aliphatic carbocycles. The minimum Gasteiger partial charge on any atom is -0.345 e. The van der Waals surface area contributed by atoms with Crippen molar-refractivity contribution in [2.24, 2.45) is 5.92 Å². The molecule has 0 spiro atoms. The van der Waals surface area contributed by atoms with Crippen molar-refractivity contribution in [3.63, 3.8) is 0 Å². The van der Waals surface area contributed by atoms with Gasteiger partial charge >= 0.3 is 0 Å². The SMILES string of the molecule is CN(CCc1noc(C2CN(C(=O)c3cc(F)ccc3F)C2)n1)C(=O)C1CC1. The zero-order valence-electron chi connectivity index (χ0n) is 15.4. The summed E-state index contributed by atoms with van der Waals surface area (Å²) in [5.41, 5.74) is -0.284. The lowest BCUT2D eigenvalue weighted by Gasteiger charge is -2.37. The van der Waals surface area contributed by atoms with Crippen LogP contribution in [-0.2, 0) is 11.2 Å². The van der Waals surface area contributed by atoms with Gasteiger partial charge in [0.25, 0.3) is 5.91 Å². The van der Waals surface area contributed by atoms with Crippen LogP contribution in [0.3, 0.4) is 0 Å². The van der Waals surface area contributed by atoms with Crippen molar-refractivity contribution in [1.82, 2.24) is 19.9 Å². The number of hydrogen-bond donors (Lipinski definition) is 0. The second kappa shape index (κ2) is 7.29. The number of carbonyl (C=O) groups is 2. The van der Waals surface area contributed by atoms with Crippen molar-refractivity contribution in [2.45, 2.75) is 25.2 Å². The summed E-state index contributed by atoms with van der Waals surface area (Å²) >= 11 is 0. The van der Waals surface area contributed by atoms with Crippen molar-refractivity contribution in [2.75, 3.05) is 26.7 Å². The highest BCUT2D eigenvalue weighted by Gasteiger charge is 2.37. The summed E-state index contributed by atoms with van der Waals surface area (Å²) in [6, 6.07) is 2.81. The molecular weight excluding hydrogens is 370 g/mol. The van der Waals surface area contributed by atoms with Gasteiger partial charge in [0.15, 0.2) is 5.82 Å². The smallest absolute Gasteiger partial charge is 0.256 e. The molecule has 1 saturated carbocycles. The van der Waals surface area contributed by atoms with E-state index in [0.29, 0.717) is 37.8 Å². The van der Waals surface area contributed by atoms with Crippen LogP contribution in [0.2, 0.25) is 0 Å². The molecule has 4 rings (SSSR count). The van der Waals surface area contributed by atoms with Crippen molar-refractivity contribution >= 4 is 11.8 Å². The number of likely N-dealkylation sites (N-methyl/N-ethyl adjacent to an activating group) is 1. The van der Waals surface area contributed by atoms with Gasteiger partial charge in [0.2, 0.25) is 11.8 Å². The fourth-order valence-corrected chi connectivity index (χ4v) is 3.19. The maximum absolute atomic E-state index is 13.7. The Morgan fingerprint density at radius 3 is 2.75 bits per heavy atom. The van der Waals surface area contributed by atoms with E-state index in [-0.39, 0.29) is 23.3 Å². The van der Waals surface area contributed by atoms with Crippen LogP contribution in [0.15, 0.2) is 22.7 Å². The quantitative estimate of drug-likeness (QED) is 0.754. The second-order valence-electron chi connectivity index (χ2n) is 7.36. The zero-order valence-corrected chi connectivity index (χ0v) is 15.4. The molecule has 2 aromatic rings. The Balaban J connectivity index is 1.29. The number of aromatic nitrogens is 2. The molecule has 2 amide bonds. The van der Waals surface area contributed by atoms with Gasteiger partial charge in [-0.1, -0.05) is 5.16 Å². The summed E-state index contributed by atoms with van der Waals surface area (Å²) in [5, 5.41) is 3.93. The number of nitrogens with zero attached hydrogens (tertiary/aromatic N) is 4. The first-order valence-electron chi connectivity index (χ1n) is 9.24. The highest BCUT2D eigenvalue weighted by Crippen LogP contribution is 2.31. The largest absolute Gasteiger partial charge is 0.345 e. The minimum atomic E-state index is -0.750. The van der Waals surface area contributed by atoms with Gasteiger partial charge in [-0.3, -0.25) is 9.59 Å². The highest BCUT2D eigenvalue weighted by molar-refractivity contribution is 5.95. The molecule has 2 heterocycles. The van der Waals surface area contributed by atoms with E-state index < -0.39 is 17.5 Å². The van der Waals surface area contributed by atoms with Gasteiger partial charge in [0.1, 0.15) is 11.6 Å². The van der Waals surface area contributed by atoms with Crippen LogP contribution >= 0.6 is 0 Å². The third kappa shape index (κ3) is 3.74. The molecule has 0 unspecified atom stereocenters. The fraction of sp³-hybridized carbons (Fsp3) is 0.474. The molecule has 1 saturated heterocycles. The molecule has 0 radical (unpaired) electrons. The second-order valence-corrected chi connectivity index (χ2v) is 7.36. The van der Waals surface area contributed by atoms with Crippen LogP contribution in [0.25, 0.3) is 0 Å². The van der Waals surface area contributed by atoms with Crippen LogP contribution in [0.5, 0.6) is 0 Å². The van der Waals surface area contributed by atoms with Crippen molar-refractivity contribution in [3.05, 3.63) is 47.1 Å². The van der Waals surface area contributed by atoms with E-state index >= 15 is 0 Å². The maximum Gasteiger partial charge on any atom is 0.256 e. The predicted molar refractivity (Wildman–Crippen MR) is 93.4 cm³/mol. The Morgan fingerprint density at radius 1 is 1.29 bits per heavy atom. The van der Waals surface area contributed by atoms with Crippen LogP contribution in [0, 0.1) is 17.6 Å². The summed E-state index contributed by atoms with van der Waals surface area (Å²) in [6.07, 6.45) is 2.42. The van der Waals surface area contributed by atoms with Crippen LogP contribution < -0.4 is 0 Å². The number of benzene rings is 1. The van der Waals surface area contributed by atoms with E-state index in [0.717, 1.165) is 31.0 Å². The van der Waals surface area contributed by atoms with Gasteiger partial charge < -0.3 is 14.3 Å². The van der Waals surface area contributed by atoms with E-state index in [1.54, 1.807) is 11.9 Å². The van der Waals surface area contributed by atoms with E-state index in [1.165, 1.54) is 4.90 Å². The number of likely N-dealkylation sites (tertiary alicyclic amines) is 1. The Labute approximate surface area is 160 Å². The Hall–Kier alpha value is -2.84. The summed E-state index contributed by atoms with van der Waals surface area (Å²) in [6.45, 7) is 1.12. The van der Waals surface area contributed by atoms with Gasteiger partial charge in [-0.05, 0) is 31.0 Å². The molecule has 0 N–H and O–H groups in total. The number of carbonyl (C=O) groups excluding carboxylic acids is 2. The van der Waals surface area contributed by atoms with Crippen molar-refractivity contribution in [3.8, 4) is 0 Å². The number of amides is 2. The molecule has 9 heteroatoms. The minimum absolute atomic E-state index is 0.132. The molecule has 0 bridgehead atoms. The summed E-state index contributed by atoms with van der Waals surface area (Å²) in [5.74, 6) is -0.857. The Bertz CT molecular complexity index is 906. The molecule has 28 heavy (non-hydrogen) atoms. The predicted octanol–water partition coefficient (Wildman–Crippen LogP) is 2.00. The molecule has 0 atom stereocenters. The molecular formula is C19H20F2N4O3. The lowest BCUT2D eigenvalue weighted by atomic mass is 9.98. The first kappa shape index (κ1) is 18.5. The normalized spacial score (nSPS) is 16.8. The van der Waals surface area contributed by atoms with Crippen molar-refractivity contribution in [1.29, 1.82) is 0 Å². The molecule has 1 aliphatic heterocycles. The number of rotatable bonds is 6. The lowest BCUT2D eigenvalue weighted by molar-refractivity contribution is -0.131. The molecule has 7 nitrogen and oxygen atoms in total. The number of halogens is 2. The zero-order chi connectivity index (χ0) is 19.8. The Kier molecular flexibility index (Phi) is 4.82. The first-order chi connectivity index (χ1) is 13.4. The number of hydrogen-bond acceptors (Lipinski definition) is 5. The lowest BCUT2D eigenvalue weighted by Crippen LogP contribution is -2.48. The molecule has 2 fully saturated rings. The molecule has 2 aliphatic rings. The average molecular weight is 390 g/mol. The highest BCUT2D eigenvalue weighted by atomic mass is 19.1. The van der Waals surface area contributed by atoms with E-state index in [4.69, 9.17) is 4.52 Å². The van der Waals surface area contributed by atoms with E-state index in [9.17, 15) is 18.4 Å². The summed E-state index contributed by atoms with van der Waals surface area (Å²) in [4.78, 5) is 31.7. The average Bonchev–Trinajstić information content (AvgIpc) is 3.39. The monoisotopic (exact) mass is 390 g/mol. The first-order valence-corrected chi connectivity index (χ1v) is 9.24. The molecule has 1 aromatic carbocycles. The van der Waals surface area contributed by atoms with Crippen LogP contribution in [0.1, 0.15) is 40.8 Å². The molecule has 148 valence electrons. The summed E-state index contributed by atoms with van der Waals surface area (Å²) < 4.78 is 32.3. The van der Waals surface area contributed by atoms with Crippen molar-refractivity contribution < 1.29 is 22.9 Å². The summed E-state index contributed by atoms with van der Waals surface area (Å²) in [7, 11) is 1.77. The van der Waals surface area contributed by atoms with E-state index in [1.807, 2.05) is 0 Å². The van der Waals surface area contributed by atoms with Gasteiger partial charge in [0, 0.05) is 39.0 Å². The fourth-order valence-electron chi connectivity index (χ4n) is 3.19. The Morgan fingerprint density at radius 2 is 2.04 bits per heavy atom. The van der Waals surface area contributed by atoms with Gasteiger partial charge in [-0.15, -0.1) is 0 Å². The standard InChI is InChI=1S/C19H20F2N4O3/c1-24(18(26)11-2-3-11)7-6-16-22-17(28-23-16)12-9-25(10-12)19(27)14-8-13(20)4-5-15(14)21/h4-5,8,11-12H,2-3,6-7,9-10H2,1H3. The maximum atomic E-state index is 13.7. The van der Waals surface area contributed by atoms with E-state index in [2.05, 4.69) is 10.1 Å². The van der Waals surface area contributed by atoms with Crippen LogP contribution in [-0.4, -0.2) is 58.4 Å². The van der Waals surface area contributed by atoms with Gasteiger partial charge in [-0.2, -0.15) is 4.98 Å².